The molecule has 0 spiro atoms. The van der Waals surface area contributed by atoms with Crippen LogP contribution in [0, 0.1) is 0 Å². The molecule has 0 radical (unpaired) electrons. The van der Waals surface area contributed by atoms with Crippen molar-refractivity contribution in [3.8, 4) is 0 Å². The van der Waals surface area contributed by atoms with E-state index in [1.54, 1.807) is 0 Å². The predicted molar refractivity (Wildman–Crippen MR) is 78.6 cm³/mol. The predicted octanol–water partition coefficient (Wildman–Crippen LogP) is 2.83. The van der Waals surface area contributed by atoms with Crippen LogP contribution in [0.2, 0.25) is 0 Å². The van der Waals surface area contributed by atoms with Crippen molar-refractivity contribution in [3.63, 3.8) is 0 Å². The summed E-state index contributed by atoms with van der Waals surface area (Å²) in [7, 11) is 1.90. The molecule has 2 amide bonds. The van der Waals surface area contributed by atoms with Gasteiger partial charge >= 0.3 is 6.03 Å². The van der Waals surface area contributed by atoms with Crippen molar-refractivity contribution in [2.45, 2.75) is 38.6 Å². The summed E-state index contributed by atoms with van der Waals surface area (Å²) < 4.78 is 0. The molecule has 1 saturated heterocycles. The van der Waals surface area contributed by atoms with Gasteiger partial charge in [-0.25, -0.2) is 9.78 Å². The van der Waals surface area contributed by atoms with Gasteiger partial charge in [0.15, 0.2) is 5.13 Å². The molecule has 0 aliphatic carbocycles. The first-order chi connectivity index (χ1) is 9.20. The molecule has 5 nitrogen and oxygen atoms in total. The highest BCUT2D eigenvalue weighted by Gasteiger charge is 2.17. The van der Waals surface area contributed by atoms with Crippen LogP contribution in [0.3, 0.4) is 0 Å². The lowest BCUT2D eigenvalue weighted by Crippen LogP contribution is -2.35. The summed E-state index contributed by atoms with van der Waals surface area (Å²) in [6.07, 6.45) is 4.66. The Balaban J connectivity index is 1.92. The van der Waals surface area contributed by atoms with E-state index in [9.17, 15) is 4.79 Å². The highest BCUT2D eigenvalue weighted by atomic mass is 32.1. The third-order valence-electron chi connectivity index (χ3n) is 3.51. The van der Waals surface area contributed by atoms with Crippen LogP contribution in [0.15, 0.2) is 5.38 Å². The van der Waals surface area contributed by atoms with Gasteiger partial charge in [0.1, 0.15) is 0 Å². The molecule has 19 heavy (non-hydrogen) atoms. The van der Waals surface area contributed by atoms with Crippen molar-refractivity contribution in [2.24, 2.45) is 0 Å². The number of carbonyl (C=O) groups excluding carboxylic acids is 1. The van der Waals surface area contributed by atoms with Gasteiger partial charge in [0, 0.05) is 24.5 Å². The number of nitrogens with zero attached hydrogens (tertiary/aromatic N) is 2. The third-order valence-corrected chi connectivity index (χ3v) is 4.28. The number of thiazole rings is 1. The van der Waals surface area contributed by atoms with Crippen LogP contribution in [0.1, 0.15) is 44.3 Å². The van der Waals surface area contributed by atoms with Crippen LogP contribution in [0.25, 0.3) is 0 Å². The lowest BCUT2D eigenvalue weighted by Gasteiger charge is -2.19. The summed E-state index contributed by atoms with van der Waals surface area (Å²) >= 11 is 1.48. The van der Waals surface area contributed by atoms with Crippen molar-refractivity contribution in [3.05, 3.63) is 11.1 Å². The zero-order valence-corrected chi connectivity index (χ0v) is 12.4. The molecule has 106 valence electrons. The molecule has 6 heteroatoms. The van der Waals surface area contributed by atoms with Crippen molar-refractivity contribution >= 4 is 22.5 Å². The van der Waals surface area contributed by atoms with Crippen LogP contribution in [0.4, 0.5) is 9.93 Å². The Morgan fingerprint density at radius 2 is 2.05 bits per heavy atom. The number of aromatic nitrogens is 1. The second-order valence-electron chi connectivity index (χ2n) is 4.92. The number of anilines is 1. The van der Waals surface area contributed by atoms with Crippen LogP contribution in [-0.4, -0.2) is 36.1 Å². The zero-order valence-electron chi connectivity index (χ0n) is 11.6. The Kier molecular flexibility index (Phi) is 5.15. The van der Waals surface area contributed by atoms with Gasteiger partial charge in [0.05, 0.1) is 5.69 Å². The number of hydrogen-bond donors (Lipinski definition) is 2. The average Bonchev–Trinajstić information content (AvgIpc) is 2.71. The zero-order chi connectivity index (χ0) is 13.7. The van der Waals surface area contributed by atoms with E-state index < -0.39 is 0 Å². The summed E-state index contributed by atoms with van der Waals surface area (Å²) in [4.78, 5) is 18.5. The van der Waals surface area contributed by atoms with E-state index in [0.29, 0.717) is 5.13 Å². The maximum Gasteiger partial charge on any atom is 0.323 e. The second kappa shape index (κ2) is 6.86. The second-order valence-corrected chi connectivity index (χ2v) is 5.78. The smallest absolute Gasteiger partial charge is 0.323 e. The molecule has 1 aliphatic heterocycles. The fourth-order valence-electron chi connectivity index (χ4n) is 2.13. The average molecular weight is 282 g/mol. The highest BCUT2D eigenvalue weighted by molar-refractivity contribution is 7.13. The first-order valence-electron chi connectivity index (χ1n) is 6.89. The molecule has 1 atom stereocenters. The number of amides is 2. The van der Waals surface area contributed by atoms with Crippen molar-refractivity contribution in [1.82, 2.24) is 15.2 Å². The minimum atomic E-state index is -0.0140. The van der Waals surface area contributed by atoms with Crippen LogP contribution >= 0.6 is 11.3 Å². The summed E-state index contributed by atoms with van der Waals surface area (Å²) in [6, 6.07) is 0.194. The number of carbonyl (C=O) groups is 1. The van der Waals surface area contributed by atoms with Gasteiger partial charge in [-0.15, -0.1) is 11.3 Å². The molecule has 0 aromatic carbocycles. The molecular weight excluding hydrogens is 260 g/mol. The number of hydrogen-bond acceptors (Lipinski definition) is 4. The van der Waals surface area contributed by atoms with Gasteiger partial charge in [0.2, 0.25) is 0 Å². The maximum absolute atomic E-state index is 12.1. The Morgan fingerprint density at radius 1 is 1.37 bits per heavy atom. The summed E-state index contributed by atoms with van der Waals surface area (Å²) in [5.41, 5.74) is 0.971. The molecule has 1 fully saturated rings. The van der Waals surface area contributed by atoms with E-state index in [2.05, 4.69) is 22.5 Å². The Bertz CT molecular complexity index is 413. The Morgan fingerprint density at radius 3 is 2.68 bits per heavy atom. The number of rotatable bonds is 3. The fraction of sp³-hybridized carbons (Fsp3) is 0.692. The quantitative estimate of drug-likeness (QED) is 0.896. The maximum atomic E-state index is 12.1. The van der Waals surface area contributed by atoms with E-state index in [0.717, 1.165) is 31.6 Å². The van der Waals surface area contributed by atoms with Gasteiger partial charge in [-0.2, -0.15) is 0 Å². The standard InChI is InChI=1S/C13H22N4OS/c1-10(14-2)11-9-19-12(15-11)16-13(18)17-7-5-3-4-6-8-17/h9-10,14H,3-8H2,1-2H3,(H,15,16,18). The van der Waals surface area contributed by atoms with Gasteiger partial charge in [-0.3, -0.25) is 5.32 Å². The lowest BCUT2D eigenvalue weighted by atomic mass is 10.2. The van der Waals surface area contributed by atoms with Gasteiger partial charge in [-0.05, 0) is 26.8 Å². The van der Waals surface area contributed by atoms with E-state index in [-0.39, 0.29) is 12.1 Å². The molecule has 1 unspecified atom stereocenters. The number of likely N-dealkylation sites (tertiary alicyclic amines) is 1. The minimum absolute atomic E-state index is 0.0140. The molecule has 1 aromatic rings. The molecule has 2 rings (SSSR count). The minimum Gasteiger partial charge on any atom is -0.324 e. The monoisotopic (exact) mass is 282 g/mol. The van der Waals surface area contributed by atoms with Crippen molar-refractivity contribution in [2.75, 3.05) is 25.5 Å². The highest BCUT2D eigenvalue weighted by Crippen LogP contribution is 2.21. The summed E-state index contributed by atoms with van der Waals surface area (Å²) in [5.74, 6) is 0. The lowest BCUT2D eigenvalue weighted by molar-refractivity contribution is 0.214. The number of urea groups is 1. The molecule has 0 saturated carbocycles. The SMILES string of the molecule is CNC(C)c1csc(NC(=O)N2CCCCCC2)n1. The van der Waals surface area contributed by atoms with Crippen LogP contribution in [-0.2, 0) is 0 Å². The molecule has 2 heterocycles. The summed E-state index contributed by atoms with van der Waals surface area (Å²) in [6.45, 7) is 3.77. The van der Waals surface area contributed by atoms with Crippen molar-refractivity contribution in [1.29, 1.82) is 0 Å². The molecule has 0 bridgehead atoms. The third kappa shape index (κ3) is 3.91. The topological polar surface area (TPSA) is 57.3 Å². The van der Waals surface area contributed by atoms with Gasteiger partial charge in [-0.1, -0.05) is 12.8 Å². The Hall–Kier alpha value is -1.14. The summed E-state index contributed by atoms with van der Waals surface area (Å²) in [5, 5.41) is 8.72. The van der Waals surface area contributed by atoms with Gasteiger partial charge < -0.3 is 10.2 Å². The molecular formula is C13H22N4OS. The van der Waals surface area contributed by atoms with E-state index in [4.69, 9.17) is 0 Å². The number of nitrogens with one attached hydrogen (secondary N) is 2. The molecule has 1 aromatic heterocycles. The normalized spacial score (nSPS) is 17.9. The first kappa shape index (κ1) is 14.3. The largest absolute Gasteiger partial charge is 0.324 e. The van der Waals surface area contributed by atoms with Crippen LogP contribution in [0.5, 0.6) is 0 Å². The van der Waals surface area contributed by atoms with E-state index in [1.807, 2.05) is 17.3 Å². The fourth-order valence-corrected chi connectivity index (χ4v) is 2.93. The van der Waals surface area contributed by atoms with E-state index >= 15 is 0 Å². The van der Waals surface area contributed by atoms with Crippen LogP contribution < -0.4 is 10.6 Å². The first-order valence-corrected chi connectivity index (χ1v) is 7.77. The van der Waals surface area contributed by atoms with Gasteiger partial charge in [0.25, 0.3) is 0 Å². The molecule has 2 N–H and O–H groups in total. The van der Waals surface area contributed by atoms with E-state index in [1.165, 1.54) is 24.2 Å². The van der Waals surface area contributed by atoms with Crippen molar-refractivity contribution < 1.29 is 4.79 Å². The molecule has 1 aliphatic rings. The Labute approximate surface area is 118 Å².